The molecule has 5 atom stereocenters. The highest BCUT2D eigenvalue weighted by Crippen LogP contribution is 2.54. The Kier molecular flexibility index (Phi) is 3.68. The molecular formula is C16H29NO. The van der Waals surface area contributed by atoms with E-state index in [1.54, 1.807) is 0 Å². The summed E-state index contributed by atoms with van der Waals surface area (Å²) < 4.78 is 5.34. The number of methoxy groups -OCH3 is 1. The van der Waals surface area contributed by atoms with E-state index in [1.165, 1.54) is 57.8 Å². The number of fused-ring (bicyclic) bond motifs is 2. The van der Waals surface area contributed by atoms with Crippen LogP contribution in [-0.4, -0.2) is 19.3 Å². The van der Waals surface area contributed by atoms with E-state index in [0.717, 1.165) is 30.3 Å². The summed E-state index contributed by atoms with van der Waals surface area (Å²) >= 11 is 0. The topological polar surface area (TPSA) is 35.2 Å². The molecule has 2 nitrogen and oxygen atoms in total. The van der Waals surface area contributed by atoms with E-state index in [2.05, 4.69) is 0 Å². The van der Waals surface area contributed by atoms with Gasteiger partial charge in [-0.25, -0.2) is 0 Å². The second kappa shape index (κ2) is 5.13. The Labute approximate surface area is 112 Å². The Balaban J connectivity index is 1.63. The fourth-order valence-corrected chi connectivity index (χ4v) is 5.23. The number of hydrogen-bond acceptors (Lipinski definition) is 2. The van der Waals surface area contributed by atoms with Crippen LogP contribution in [-0.2, 0) is 4.74 Å². The molecule has 0 unspecified atom stereocenters. The Hall–Kier alpha value is -0.0800. The number of hydrogen-bond donors (Lipinski definition) is 1. The van der Waals surface area contributed by atoms with Gasteiger partial charge in [-0.2, -0.15) is 0 Å². The molecule has 0 heterocycles. The third kappa shape index (κ3) is 2.22. The molecule has 2 bridgehead atoms. The second-order valence-corrected chi connectivity index (χ2v) is 7.22. The van der Waals surface area contributed by atoms with Crippen molar-refractivity contribution in [3.05, 3.63) is 0 Å². The molecule has 3 saturated carbocycles. The van der Waals surface area contributed by atoms with Crippen LogP contribution in [0, 0.1) is 23.7 Å². The minimum absolute atomic E-state index is 0.213. The van der Waals surface area contributed by atoms with Gasteiger partial charge in [-0.15, -0.1) is 0 Å². The monoisotopic (exact) mass is 251 g/mol. The van der Waals surface area contributed by atoms with Crippen LogP contribution in [0.15, 0.2) is 0 Å². The molecule has 0 aromatic heterocycles. The van der Waals surface area contributed by atoms with Gasteiger partial charge in [0.2, 0.25) is 0 Å². The van der Waals surface area contributed by atoms with Gasteiger partial charge in [0.25, 0.3) is 0 Å². The van der Waals surface area contributed by atoms with Crippen molar-refractivity contribution in [1.82, 2.24) is 0 Å². The van der Waals surface area contributed by atoms with Crippen LogP contribution in [0.5, 0.6) is 0 Å². The first-order valence-corrected chi connectivity index (χ1v) is 8.00. The van der Waals surface area contributed by atoms with Gasteiger partial charge in [0.05, 0.1) is 0 Å². The third-order valence-corrected chi connectivity index (χ3v) is 6.19. The van der Waals surface area contributed by atoms with Crippen LogP contribution in [0.2, 0.25) is 0 Å². The standard InChI is InChI=1S/C16H29NO/c1-18-11-12-3-2-4-14(7-5-12)16(17)10-13-6-8-15(16)9-13/h12-15H,2-11,17H2,1H3/t12-,13-,14+,15+,16+/m0/s1. The summed E-state index contributed by atoms with van der Waals surface area (Å²) in [5.74, 6) is 3.42. The minimum atomic E-state index is 0.213. The van der Waals surface area contributed by atoms with Gasteiger partial charge in [0.1, 0.15) is 0 Å². The minimum Gasteiger partial charge on any atom is -0.384 e. The second-order valence-electron chi connectivity index (χ2n) is 7.22. The Morgan fingerprint density at radius 2 is 1.89 bits per heavy atom. The molecule has 3 fully saturated rings. The maximum absolute atomic E-state index is 6.88. The van der Waals surface area contributed by atoms with Crippen LogP contribution in [0.4, 0.5) is 0 Å². The molecule has 18 heavy (non-hydrogen) atoms. The Bertz CT molecular complexity index is 293. The predicted octanol–water partition coefficient (Wildman–Crippen LogP) is 3.35. The summed E-state index contributed by atoms with van der Waals surface area (Å²) in [4.78, 5) is 0. The molecule has 3 rings (SSSR count). The summed E-state index contributed by atoms with van der Waals surface area (Å²) in [6.45, 7) is 0.955. The molecule has 0 aromatic rings. The molecule has 3 aliphatic rings. The molecule has 2 N–H and O–H groups in total. The molecule has 0 aromatic carbocycles. The van der Waals surface area contributed by atoms with E-state index >= 15 is 0 Å². The zero-order valence-corrected chi connectivity index (χ0v) is 11.9. The van der Waals surface area contributed by atoms with Crippen LogP contribution < -0.4 is 5.73 Å². The fraction of sp³-hybridized carbons (Fsp3) is 1.00. The van der Waals surface area contributed by atoms with Crippen LogP contribution >= 0.6 is 0 Å². The first-order chi connectivity index (χ1) is 8.72. The normalized spacial score (nSPS) is 48.3. The molecule has 0 amide bonds. The Morgan fingerprint density at radius 3 is 2.56 bits per heavy atom. The highest BCUT2D eigenvalue weighted by Gasteiger charge is 2.52. The first-order valence-electron chi connectivity index (χ1n) is 8.00. The van der Waals surface area contributed by atoms with Crippen molar-refractivity contribution in [3.63, 3.8) is 0 Å². The maximum Gasteiger partial charge on any atom is 0.0490 e. The maximum atomic E-state index is 6.88. The molecule has 0 radical (unpaired) electrons. The summed E-state index contributed by atoms with van der Waals surface area (Å²) in [6.07, 6.45) is 12.4. The quantitative estimate of drug-likeness (QED) is 0.781. The predicted molar refractivity (Wildman–Crippen MR) is 74.3 cm³/mol. The highest BCUT2D eigenvalue weighted by atomic mass is 16.5. The van der Waals surface area contributed by atoms with Gasteiger partial charge in [-0.3, -0.25) is 0 Å². The highest BCUT2D eigenvalue weighted by molar-refractivity contribution is 5.07. The first kappa shape index (κ1) is 12.9. The van der Waals surface area contributed by atoms with E-state index in [9.17, 15) is 0 Å². The SMILES string of the molecule is COC[C@H]1CCC[C@@H]([C@]2(N)C[C@H]3CC[C@@H]2C3)CC1. The van der Waals surface area contributed by atoms with Crippen molar-refractivity contribution in [2.75, 3.05) is 13.7 Å². The van der Waals surface area contributed by atoms with Crippen molar-refractivity contribution < 1.29 is 4.74 Å². The van der Waals surface area contributed by atoms with Gasteiger partial charge >= 0.3 is 0 Å². The molecule has 3 aliphatic carbocycles. The third-order valence-electron chi connectivity index (χ3n) is 6.19. The number of ether oxygens (including phenoxy) is 1. The number of nitrogens with two attached hydrogens (primary N) is 1. The molecule has 0 saturated heterocycles. The average Bonchev–Trinajstić information content (AvgIpc) is 2.84. The largest absolute Gasteiger partial charge is 0.384 e. The molecule has 0 spiro atoms. The van der Waals surface area contributed by atoms with Gasteiger partial charge in [0, 0.05) is 19.3 Å². The average molecular weight is 251 g/mol. The zero-order valence-electron chi connectivity index (χ0n) is 11.9. The molecule has 2 heteroatoms. The van der Waals surface area contributed by atoms with Crippen molar-refractivity contribution >= 4 is 0 Å². The van der Waals surface area contributed by atoms with Gasteiger partial charge in [-0.05, 0) is 68.6 Å². The van der Waals surface area contributed by atoms with Crippen molar-refractivity contribution in [1.29, 1.82) is 0 Å². The van der Waals surface area contributed by atoms with E-state index in [-0.39, 0.29) is 5.54 Å². The number of rotatable bonds is 3. The van der Waals surface area contributed by atoms with Crippen molar-refractivity contribution in [3.8, 4) is 0 Å². The molecule has 104 valence electrons. The molecule has 0 aliphatic heterocycles. The van der Waals surface area contributed by atoms with Gasteiger partial charge in [0.15, 0.2) is 0 Å². The smallest absolute Gasteiger partial charge is 0.0490 e. The van der Waals surface area contributed by atoms with Crippen LogP contribution in [0.25, 0.3) is 0 Å². The van der Waals surface area contributed by atoms with E-state index in [4.69, 9.17) is 10.5 Å². The van der Waals surface area contributed by atoms with Crippen molar-refractivity contribution in [2.24, 2.45) is 29.4 Å². The lowest BCUT2D eigenvalue weighted by molar-refractivity contribution is 0.135. The fourth-order valence-electron chi connectivity index (χ4n) is 5.23. The van der Waals surface area contributed by atoms with E-state index in [1.807, 2.05) is 7.11 Å². The van der Waals surface area contributed by atoms with Gasteiger partial charge in [-0.1, -0.05) is 12.8 Å². The van der Waals surface area contributed by atoms with Crippen molar-refractivity contribution in [2.45, 2.75) is 63.3 Å². The van der Waals surface area contributed by atoms with Crippen LogP contribution in [0.3, 0.4) is 0 Å². The zero-order chi connectivity index (χ0) is 12.6. The summed E-state index contributed by atoms with van der Waals surface area (Å²) in [6, 6.07) is 0. The lowest BCUT2D eigenvalue weighted by Gasteiger charge is -2.41. The lowest BCUT2D eigenvalue weighted by atomic mass is 9.70. The van der Waals surface area contributed by atoms with Crippen LogP contribution in [0.1, 0.15) is 57.8 Å². The summed E-state index contributed by atoms with van der Waals surface area (Å²) in [7, 11) is 1.84. The van der Waals surface area contributed by atoms with E-state index in [0.29, 0.717) is 0 Å². The summed E-state index contributed by atoms with van der Waals surface area (Å²) in [5, 5.41) is 0. The van der Waals surface area contributed by atoms with Gasteiger partial charge < -0.3 is 10.5 Å². The summed E-state index contributed by atoms with van der Waals surface area (Å²) in [5.41, 5.74) is 7.09. The lowest BCUT2D eigenvalue weighted by Crippen LogP contribution is -2.51. The van der Waals surface area contributed by atoms with E-state index < -0.39 is 0 Å². The Morgan fingerprint density at radius 1 is 1.06 bits per heavy atom. The molecular weight excluding hydrogens is 222 g/mol.